The van der Waals surface area contributed by atoms with E-state index in [2.05, 4.69) is 0 Å². The van der Waals surface area contributed by atoms with E-state index >= 15 is 0 Å². The van der Waals surface area contributed by atoms with Crippen LogP contribution in [0.15, 0.2) is 54.6 Å². The van der Waals surface area contributed by atoms with Gasteiger partial charge in [0.15, 0.2) is 0 Å². The number of aliphatic hydroxyl groups is 1. The third-order valence-corrected chi connectivity index (χ3v) is 3.18. The van der Waals surface area contributed by atoms with E-state index < -0.39 is 6.10 Å². The zero-order chi connectivity index (χ0) is 14.4. The van der Waals surface area contributed by atoms with Crippen LogP contribution >= 0.6 is 11.6 Å². The molecule has 20 heavy (non-hydrogen) atoms. The first-order valence-electron chi connectivity index (χ1n) is 6.48. The highest BCUT2D eigenvalue weighted by molar-refractivity contribution is 6.32. The largest absolute Gasteiger partial charge is 0.488 e. The van der Waals surface area contributed by atoms with Crippen LogP contribution in [0.2, 0.25) is 5.02 Å². The Balaban J connectivity index is 1.93. The third-order valence-electron chi connectivity index (χ3n) is 2.88. The summed E-state index contributed by atoms with van der Waals surface area (Å²) in [6, 6.07) is 15.3. The molecule has 0 heterocycles. The van der Waals surface area contributed by atoms with Crippen molar-refractivity contribution in [2.75, 3.05) is 6.61 Å². The van der Waals surface area contributed by atoms with E-state index in [0.29, 0.717) is 17.4 Å². The summed E-state index contributed by atoms with van der Waals surface area (Å²) in [6.07, 6.45) is 3.41. The van der Waals surface area contributed by atoms with Crippen molar-refractivity contribution < 1.29 is 9.84 Å². The molecule has 0 bridgehead atoms. The van der Waals surface area contributed by atoms with E-state index in [1.807, 2.05) is 48.6 Å². The summed E-state index contributed by atoms with van der Waals surface area (Å²) >= 11 is 6.11. The summed E-state index contributed by atoms with van der Waals surface area (Å²) in [4.78, 5) is 0. The van der Waals surface area contributed by atoms with Gasteiger partial charge in [0, 0.05) is 0 Å². The van der Waals surface area contributed by atoms with Crippen molar-refractivity contribution in [2.45, 2.75) is 13.0 Å². The van der Waals surface area contributed by atoms with Crippen molar-refractivity contribution in [3.8, 4) is 5.75 Å². The van der Waals surface area contributed by atoms with Gasteiger partial charge in [0.1, 0.15) is 12.4 Å². The van der Waals surface area contributed by atoms with Crippen LogP contribution in [0, 0.1) is 0 Å². The molecule has 0 saturated carbocycles. The molecule has 3 heteroatoms. The van der Waals surface area contributed by atoms with Gasteiger partial charge in [-0.05, 0) is 36.3 Å². The monoisotopic (exact) mass is 288 g/mol. The fourth-order valence-electron chi connectivity index (χ4n) is 1.78. The van der Waals surface area contributed by atoms with Gasteiger partial charge < -0.3 is 9.84 Å². The minimum Gasteiger partial charge on any atom is -0.488 e. The summed E-state index contributed by atoms with van der Waals surface area (Å²) in [5, 5.41) is 9.98. The lowest BCUT2D eigenvalue weighted by atomic mass is 10.1. The van der Waals surface area contributed by atoms with E-state index in [9.17, 15) is 5.11 Å². The smallest absolute Gasteiger partial charge is 0.138 e. The zero-order valence-electron chi connectivity index (χ0n) is 11.3. The van der Waals surface area contributed by atoms with Gasteiger partial charge in [-0.3, -0.25) is 0 Å². The highest BCUT2D eigenvalue weighted by Crippen LogP contribution is 2.27. The molecule has 0 aliphatic heterocycles. The van der Waals surface area contributed by atoms with Gasteiger partial charge in [-0.2, -0.15) is 0 Å². The Labute approximate surface area is 124 Å². The van der Waals surface area contributed by atoms with Crippen LogP contribution in [0.5, 0.6) is 5.75 Å². The Bertz CT molecular complexity index is 577. The fourth-order valence-corrected chi connectivity index (χ4v) is 2.02. The molecule has 1 unspecified atom stereocenters. The Morgan fingerprint density at radius 3 is 2.60 bits per heavy atom. The maximum atomic E-state index is 9.47. The van der Waals surface area contributed by atoms with E-state index in [4.69, 9.17) is 16.3 Å². The molecule has 0 aliphatic carbocycles. The van der Waals surface area contributed by atoms with Gasteiger partial charge in [-0.1, -0.05) is 54.1 Å². The summed E-state index contributed by atoms with van der Waals surface area (Å²) < 4.78 is 5.59. The molecular formula is C17H17ClO2. The molecule has 0 fully saturated rings. The number of benzene rings is 2. The van der Waals surface area contributed by atoms with Crippen molar-refractivity contribution in [2.24, 2.45) is 0 Å². The Kier molecular flexibility index (Phi) is 5.22. The highest BCUT2D eigenvalue weighted by Gasteiger charge is 2.05. The zero-order valence-corrected chi connectivity index (χ0v) is 12.0. The van der Waals surface area contributed by atoms with Crippen molar-refractivity contribution >= 4 is 17.7 Å². The van der Waals surface area contributed by atoms with Crippen LogP contribution in [0.4, 0.5) is 0 Å². The number of rotatable bonds is 5. The van der Waals surface area contributed by atoms with Gasteiger partial charge in [-0.15, -0.1) is 0 Å². The minimum atomic E-state index is -0.528. The quantitative estimate of drug-likeness (QED) is 0.878. The van der Waals surface area contributed by atoms with Crippen molar-refractivity contribution in [3.63, 3.8) is 0 Å². The predicted octanol–water partition coefficient (Wildman–Crippen LogP) is 4.49. The highest BCUT2D eigenvalue weighted by atomic mass is 35.5. The molecule has 0 saturated heterocycles. The van der Waals surface area contributed by atoms with Crippen molar-refractivity contribution in [1.82, 2.24) is 0 Å². The molecule has 1 N–H and O–H groups in total. The van der Waals surface area contributed by atoms with Crippen LogP contribution in [0.25, 0.3) is 6.08 Å². The van der Waals surface area contributed by atoms with Crippen LogP contribution in [0.1, 0.15) is 24.2 Å². The third kappa shape index (κ3) is 4.12. The van der Waals surface area contributed by atoms with Gasteiger partial charge in [0.2, 0.25) is 0 Å². The molecule has 0 spiro atoms. The van der Waals surface area contributed by atoms with Gasteiger partial charge in [0.05, 0.1) is 11.1 Å². The van der Waals surface area contributed by atoms with E-state index in [0.717, 1.165) is 11.1 Å². The molecule has 0 aliphatic rings. The van der Waals surface area contributed by atoms with Gasteiger partial charge in [0.25, 0.3) is 0 Å². The van der Waals surface area contributed by atoms with Crippen LogP contribution in [-0.4, -0.2) is 11.7 Å². The number of hydrogen-bond donors (Lipinski definition) is 1. The molecule has 1 atom stereocenters. The number of aliphatic hydroxyl groups excluding tert-OH is 1. The van der Waals surface area contributed by atoms with E-state index in [1.54, 1.807) is 19.1 Å². The van der Waals surface area contributed by atoms with Crippen molar-refractivity contribution in [1.29, 1.82) is 0 Å². The normalized spacial score (nSPS) is 12.6. The second-order valence-electron chi connectivity index (χ2n) is 4.49. The topological polar surface area (TPSA) is 29.5 Å². The summed E-state index contributed by atoms with van der Waals surface area (Å²) in [5.74, 6) is 0.619. The lowest BCUT2D eigenvalue weighted by Gasteiger charge is -2.09. The maximum absolute atomic E-state index is 9.47. The predicted molar refractivity (Wildman–Crippen MR) is 83.1 cm³/mol. The summed E-state index contributed by atoms with van der Waals surface area (Å²) in [5.41, 5.74) is 1.91. The Morgan fingerprint density at radius 1 is 1.20 bits per heavy atom. The summed E-state index contributed by atoms with van der Waals surface area (Å²) in [7, 11) is 0. The second kappa shape index (κ2) is 7.13. The molecule has 0 radical (unpaired) electrons. The SMILES string of the molecule is CC(O)c1ccc(OC/C=C/c2ccccc2)c(Cl)c1. The average Bonchev–Trinajstić information content (AvgIpc) is 2.46. The fraction of sp³-hybridized carbons (Fsp3) is 0.176. The lowest BCUT2D eigenvalue weighted by molar-refractivity contribution is 0.199. The Hall–Kier alpha value is -1.77. The van der Waals surface area contributed by atoms with E-state index in [-0.39, 0.29) is 0 Å². The van der Waals surface area contributed by atoms with Crippen LogP contribution in [-0.2, 0) is 0 Å². The first kappa shape index (κ1) is 14.6. The number of hydrogen-bond acceptors (Lipinski definition) is 2. The first-order chi connectivity index (χ1) is 9.66. The average molecular weight is 289 g/mol. The maximum Gasteiger partial charge on any atom is 0.138 e. The second-order valence-corrected chi connectivity index (χ2v) is 4.90. The van der Waals surface area contributed by atoms with Crippen LogP contribution in [0.3, 0.4) is 0 Å². The van der Waals surface area contributed by atoms with Gasteiger partial charge in [-0.25, -0.2) is 0 Å². The lowest BCUT2D eigenvalue weighted by Crippen LogP contribution is -1.96. The van der Waals surface area contributed by atoms with Crippen LogP contribution < -0.4 is 4.74 Å². The molecule has 104 valence electrons. The first-order valence-corrected chi connectivity index (χ1v) is 6.86. The molecule has 2 rings (SSSR count). The Morgan fingerprint density at radius 2 is 1.95 bits per heavy atom. The van der Waals surface area contributed by atoms with E-state index in [1.165, 1.54) is 0 Å². The number of ether oxygens (including phenoxy) is 1. The molecule has 0 amide bonds. The van der Waals surface area contributed by atoms with Crippen molar-refractivity contribution in [3.05, 3.63) is 70.8 Å². The standard InChI is InChI=1S/C17H17ClO2/c1-13(19)15-9-10-17(16(18)12-15)20-11-5-8-14-6-3-2-4-7-14/h2-10,12-13,19H,11H2,1H3/b8-5+. The van der Waals surface area contributed by atoms with Gasteiger partial charge >= 0.3 is 0 Å². The molecular weight excluding hydrogens is 272 g/mol. The minimum absolute atomic E-state index is 0.447. The molecule has 2 aromatic carbocycles. The summed E-state index contributed by atoms with van der Waals surface area (Å²) in [6.45, 7) is 2.15. The molecule has 2 nitrogen and oxygen atoms in total. The molecule has 2 aromatic rings. The number of halogens is 1. The molecule has 0 aromatic heterocycles.